The molecule has 0 spiro atoms. The van der Waals surface area contributed by atoms with Gasteiger partial charge in [0.15, 0.2) is 0 Å². The molecule has 2 amide bonds. The van der Waals surface area contributed by atoms with Gasteiger partial charge in [0.05, 0.1) is 0 Å². The Morgan fingerprint density at radius 1 is 0.879 bits per heavy atom. The molecule has 6 nitrogen and oxygen atoms in total. The van der Waals surface area contributed by atoms with E-state index in [1.807, 2.05) is 30.3 Å². The molecule has 3 rings (SSSR count). The molecule has 1 atom stereocenters. The molecule has 0 saturated heterocycles. The lowest BCUT2D eigenvalue weighted by atomic mass is 10.1. The number of halogens is 1. The number of thioether (sulfide) groups is 1. The van der Waals surface area contributed by atoms with Crippen LogP contribution in [0.4, 0.5) is 11.4 Å². The lowest BCUT2D eigenvalue weighted by Crippen LogP contribution is -2.19. The smallest absolute Gasteiger partial charge is 0.331 e. The summed E-state index contributed by atoms with van der Waals surface area (Å²) in [6.07, 6.45) is 1.03. The first-order chi connectivity index (χ1) is 15.8. The highest BCUT2D eigenvalue weighted by atomic mass is 35.5. The van der Waals surface area contributed by atoms with Gasteiger partial charge in [-0.05, 0) is 61.0 Å². The van der Waals surface area contributed by atoms with E-state index in [0.717, 1.165) is 16.5 Å². The fraction of sp³-hybridized carbons (Fsp3) is 0.0800. The third-order valence-corrected chi connectivity index (χ3v) is 6.03. The minimum atomic E-state index is -1.15. The van der Waals surface area contributed by atoms with Crippen molar-refractivity contribution in [2.24, 2.45) is 0 Å². The van der Waals surface area contributed by atoms with E-state index in [1.54, 1.807) is 48.5 Å². The van der Waals surface area contributed by atoms with E-state index >= 15 is 0 Å². The standard InChI is InChI=1S/C25H21ClN2O4S/c1-16(25(31)32)15-22(29)27-19-11-13-21(14-12-19)33-23(17-5-3-2-4-6-17)24(30)28-20-9-7-18(26)8-10-20/h2-15,23H,1H3,(H,27,29)(H,28,30)(H,31,32)/b16-15+/t23-/m1/s1. The van der Waals surface area contributed by atoms with Crippen LogP contribution in [0.15, 0.2) is 95.4 Å². The molecule has 8 heteroatoms. The van der Waals surface area contributed by atoms with Gasteiger partial charge in [-0.2, -0.15) is 0 Å². The van der Waals surface area contributed by atoms with E-state index in [-0.39, 0.29) is 11.5 Å². The molecule has 0 aliphatic rings. The van der Waals surface area contributed by atoms with E-state index in [2.05, 4.69) is 10.6 Å². The van der Waals surface area contributed by atoms with Gasteiger partial charge in [-0.15, -0.1) is 11.8 Å². The third kappa shape index (κ3) is 7.24. The van der Waals surface area contributed by atoms with Gasteiger partial charge in [0.2, 0.25) is 11.8 Å². The van der Waals surface area contributed by atoms with Crippen molar-refractivity contribution >= 4 is 52.5 Å². The molecule has 0 aromatic heterocycles. The van der Waals surface area contributed by atoms with Crippen molar-refractivity contribution in [2.75, 3.05) is 10.6 Å². The Bertz CT molecular complexity index is 1160. The fourth-order valence-electron chi connectivity index (χ4n) is 2.83. The van der Waals surface area contributed by atoms with Crippen LogP contribution in [0.3, 0.4) is 0 Å². The molecular weight excluding hydrogens is 460 g/mol. The van der Waals surface area contributed by atoms with Gasteiger partial charge in [-0.3, -0.25) is 9.59 Å². The number of carboxylic acids is 1. The van der Waals surface area contributed by atoms with Crippen LogP contribution in [0.5, 0.6) is 0 Å². The number of carbonyl (C=O) groups is 3. The minimum absolute atomic E-state index is 0.0583. The second-order valence-electron chi connectivity index (χ2n) is 7.05. The van der Waals surface area contributed by atoms with Crippen molar-refractivity contribution in [1.82, 2.24) is 0 Å². The molecule has 3 aromatic carbocycles. The third-order valence-electron chi connectivity index (χ3n) is 4.51. The summed E-state index contributed by atoms with van der Waals surface area (Å²) in [7, 11) is 0. The number of amides is 2. The molecule has 3 N–H and O–H groups in total. The van der Waals surface area contributed by atoms with Crippen molar-refractivity contribution in [3.8, 4) is 0 Å². The average Bonchev–Trinajstić information content (AvgIpc) is 2.80. The van der Waals surface area contributed by atoms with Crippen molar-refractivity contribution < 1.29 is 19.5 Å². The highest BCUT2D eigenvalue weighted by Crippen LogP contribution is 2.36. The van der Waals surface area contributed by atoms with Gasteiger partial charge in [0.25, 0.3) is 0 Å². The fourth-order valence-corrected chi connectivity index (χ4v) is 3.98. The summed E-state index contributed by atoms with van der Waals surface area (Å²) in [5, 5.41) is 14.5. The summed E-state index contributed by atoms with van der Waals surface area (Å²) in [4.78, 5) is 36.7. The Kier molecular flexibility index (Phi) is 8.29. The van der Waals surface area contributed by atoms with E-state index in [9.17, 15) is 14.4 Å². The maximum Gasteiger partial charge on any atom is 0.331 e. The number of anilines is 2. The maximum atomic E-state index is 13.1. The Morgan fingerprint density at radius 2 is 1.45 bits per heavy atom. The second kappa shape index (κ2) is 11.4. The summed E-state index contributed by atoms with van der Waals surface area (Å²) in [6.45, 7) is 1.35. The highest BCUT2D eigenvalue weighted by molar-refractivity contribution is 8.00. The molecule has 0 heterocycles. The summed E-state index contributed by atoms with van der Waals surface area (Å²) in [5.74, 6) is -1.86. The SMILES string of the molecule is C/C(=C\C(=O)Nc1ccc(S[C@@H](C(=O)Nc2ccc(Cl)cc2)c2ccccc2)cc1)C(=O)O. The number of nitrogens with one attached hydrogen (secondary N) is 2. The monoisotopic (exact) mass is 480 g/mol. The quantitative estimate of drug-likeness (QED) is 0.280. The molecule has 0 radical (unpaired) electrons. The lowest BCUT2D eigenvalue weighted by molar-refractivity contribution is -0.132. The van der Waals surface area contributed by atoms with Crippen LogP contribution in [0.25, 0.3) is 0 Å². The Balaban J connectivity index is 1.74. The number of carboxylic acid groups (broad SMARTS) is 1. The number of benzene rings is 3. The van der Waals surface area contributed by atoms with Crippen LogP contribution in [0.2, 0.25) is 5.02 Å². The molecular formula is C25H21ClN2O4S. The second-order valence-corrected chi connectivity index (χ2v) is 8.67. The zero-order valence-corrected chi connectivity index (χ0v) is 19.2. The molecule has 0 aliphatic heterocycles. The van der Waals surface area contributed by atoms with Crippen LogP contribution in [0, 0.1) is 0 Å². The summed E-state index contributed by atoms with van der Waals surface area (Å²) < 4.78 is 0. The topological polar surface area (TPSA) is 95.5 Å². The van der Waals surface area contributed by atoms with Gasteiger partial charge in [0, 0.05) is 32.9 Å². The summed E-state index contributed by atoms with van der Waals surface area (Å²) in [5.41, 5.74) is 1.95. The van der Waals surface area contributed by atoms with E-state index in [4.69, 9.17) is 16.7 Å². The largest absolute Gasteiger partial charge is 0.478 e. The minimum Gasteiger partial charge on any atom is -0.478 e. The van der Waals surface area contributed by atoms with Gasteiger partial charge in [0.1, 0.15) is 5.25 Å². The van der Waals surface area contributed by atoms with Gasteiger partial charge >= 0.3 is 5.97 Å². The number of hydrogen-bond donors (Lipinski definition) is 3. The van der Waals surface area contributed by atoms with Crippen LogP contribution < -0.4 is 10.6 Å². The first-order valence-electron chi connectivity index (χ1n) is 9.92. The van der Waals surface area contributed by atoms with Crippen molar-refractivity contribution in [3.05, 3.63) is 101 Å². The number of aliphatic carboxylic acids is 1. The Morgan fingerprint density at radius 3 is 2.06 bits per heavy atom. The molecule has 0 saturated carbocycles. The van der Waals surface area contributed by atoms with Crippen LogP contribution >= 0.6 is 23.4 Å². The van der Waals surface area contributed by atoms with Crippen LogP contribution in [-0.2, 0) is 14.4 Å². The van der Waals surface area contributed by atoms with Crippen molar-refractivity contribution in [2.45, 2.75) is 17.1 Å². The molecule has 0 aliphatic carbocycles. The molecule has 33 heavy (non-hydrogen) atoms. The zero-order chi connectivity index (χ0) is 23.8. The lowest BCUT2D eigenvalue weighted by Gasteiger charge is -2.17. The molecule has 0 unspecified atom stereocenters. The molecule has 168 valence electrons. The van der Waals surface area contributed by atoms with Crippen molar-refractivity contribution in [1.29, 1.82) is 0 Å². The Hall–Kier alpha value is -3.55. The van der Waals surface area contributed by atoms with E-state index < -0.39 is 17.1 Å². The highest BCUT2D eigenvalue weighted by Gasteiger charge is 2.22. The molecule has 0 bridgehead atoms. The van der Waals surface area contributed by atoms with E-state index in [0.29, 0.717) is 16.4 Å². The first kappa shape index (κ1) is 24.1. The zero-order valence-electron chi connectivity index (χ0n) is 17.6. The van der Waals surface area contributed by atoms with Gasteiger partial charge in [-0.25, -0.2) is 4.79 Å². The van der Waals surface area contributed by atoms with Gasteiger partial charge in [-0.1, -0.05) is 41.9 Å². The van der Waals surface area contributed by atoms with Crippen LogP contribution in [-0.4, -0.2) is 22.9 Å². The van der Waals surface area contributed by atoms with Crippen LogP contribution in [0.1, 0.15) is 17.7 Å². The predicted octanol–water partition coefficient (Wildman–Crippen LogP) is 5.78. The predicted molar refractivity (Wildman–Crippen MR) is 132 cm³/mol. The number of rotatable bonds is 8. The normalized spacial score (nSPS) is 12.0. The maximum absolute atomic E-state index is 13.1. The first-order valence-corrected chi connectivity index (χ1v) is 11.2. The number of hydrogen-bond acceptors (Lipinski definition) is 4. The average molecular weight is 481 g/mol. The summed E-state index contributed by atoms with van der Waals surface area (Å²) >= 11 is 7.30. The summed E-state index contributed by atoms with van der Waals surface area (Å²) in [6, 6.07) is 23.3. The van der Waals surface area contributed by atoms with Gasteiger partial charge < -0.3 is 15.7 Å². The van der Waals surface area contributed by atoms with Crippen molar-refractivity contribution in [3.63, 3.8) is 0 Å². The Labute approximate surface area is 200 Å². The number of carbonyl (C=O) groups excluding carboxylic acids is 2. The molecule has 3 aromatic rings. The molecule has 0 fully saturated rings. The van der Waals surface area contributed by atoms with E-state index in [1.165, 1.54) is 18.7 Å².